The average molecular weight is 319 g/mol. The minimum absolute atomic E-state index is 0.0496. The summed E-state index contributed by atoms with van der Waals surface area (Å²) in [5.74, 6) is -0.0496. The molecule has 1 aliphatic rings. The predicted octanol–water partition coefficient (Wildman–Crippen LogP) is 1.89. The molecule has 6 nitrogen and oxygen atoms in total. The van der Waals surface area contributed by atoms with Gasteiger partial charge in [0.1, 0.15) is 0 Å². The van der Waals surface area contributed by atoms with E-state index in [2.05, 4.69) is 27.2 Å². The van der Waals surface area contributed by atoms with Gasteiger partial charge in [-0.05, 0) is 26.7 Å². The molecule has 0 aliphatic carbocycles. The van der Waals surface area contributed by atoms with Crippen LogP contribution in [0.1, 0.15) is 33.8 Å². The van der Waals surface area contributed by atoms with Crippen LogP contribution < -0.4 is 10.2 Å². The molecule has 0 bridgehead atoms. The standard InChI is InChI=1S/C15H21N5OS/c1-10-11(2)22-15(17-10)20-6-4-5-13(9-20)18-14(21)12-7-16-19(3)8-12/h7-8,13H,4-6,9H2,1-3H3,(H,18,21). The van der Waals surface area contributed by atoms with E-state index in [1.165, 1.54) is 4.88 Å². The minimum Gasteiger partial charge on any atom is -0.347 e. The SMILES string of the molecule is Cc1nc(N2CCCC(NC(=O)c3cnn(C)c3)C2)sc1C. The Morgan fingerprint density at radius 3 is 2.91 bits per heavy atom. The Bertz CT molecular complexity index is 658. The zero-order chi connectivity index (χ0) is 15.7. The van der Waals surface area contributed by atoms with Crippen LogP contribution in [-0.2, 0) is 7.05 Å². The lowest BCUT2D eigenvalue weighted by Gasteiger charge is -2.32. The molecule has 1 atom stereocenters. The largest absolute Gasteiger partial charge is 0.347 e. The third kappa shape index (κ3) is 3.14. The summed E-state index contributed by atoms with van der Waals surface area (Å²) < 4.78 is 1.64. The summed E-state index contributed by atoms with van der Waals surface area (Å²) in [4.78, 5) is 20.4. The lowest BCUT2D eigenvalue weighted by atomic mass is 10.1. The van der Waals surface area contributed by atoms with E-state index in [9.17, 15) is 4.79 Å². The first kappa shape index (κ1) is 15.0. The second-order valence-electron chi connectivity index (χ2n) is 5.80. The van der Waals surface area contributed by atoms with Crippen LogP contribution >= 0.6 is 11.3 Å². The zero-order valence-electron chi connectivity index (χ0n) is 13.2. The summed E-state index contributed by atoms with van der Waals surface area (Å²) in [7, 11) is 1.81. The molecule has 118 valence electrons. The normalized spacial score (nSPS) is 18.5. The maximum Gasteiger partial charge on any atom is 0.254 e. The van der Waals surface area contributed by atoms with Crippen LogP contribution in [0.4, 0.5) is 5.13 Å². The van der Waals surface area contributed by atoms with Gasteiger partial charge < -0.3 is 10.2 Å². The third-order valence-corrected chi connectivity index (χ3v) is 5.15. The van der Waals surface area contributed by atoms with Crippen LogP contribution in [0.2, 0.25) is 0 Å². The van der Waals surface area contributed by atoms with E-state index in [0.717, 1.165) is 36.8 Å². The molecular weight excluding hydrogens is 298 g/mol. The highest BCUT2D eigenvalue weighted by molar-refractivity contribution is 7.15. The summed E-state index contributed by atoms with van der Waals surface area (Å²) in [6, 6.07) is 0.158. The fourth-order valence-electron chi connectivity index (χ4n) is 2.67. The van der Waals surface area contributed by atoms with Gasteiger partial charge >= 0.3 is 0 Å². The van der Waals surface area contributed by atoms with Crippen LogP contribution in [0, 0.1) is 13.8 Å². The summed E-state index contributed by atoms with van der Waals surface area (Å²) in [6.45, 7) is 5.97. The van der Waals surface area contributed by atoms with E-state index >= 15 is 0 Å². The Labute approximate surface area is 134 Å². The highest BCUT2D eigenvalue weighted by atomic mass is 32.1. The average Bonchev–Trinajstić information content (AvgIpc) is 3.06. The zero-order valence-corrected chi connectivity index (χ0v) is 14.0. The van der Waals surface area contributed by atoms with Crippen molar-refractivity contribution in [2.24, 2.45) is 7.05 Å². The quantitative estimate of drug-likeness (QED) is 0.938. The van der Waals surface area contributed by atoms with E-state index in [-0.39, 0.29) is 11.9 Å². The molecule has 1 N–H and O–H groups in total. The lowest BCUT2D eigenvalue weighted by molar-refractivity contribution is 0.0933. The molecule has 1 amide bonds. The molecule has 0 aromatic carbocycles. The Hall–Kier alpha value is -1.89. The Balaban J connectivity index is 1.64. The van der Waals surface area contributed by atoms with Crippen molar-refractivity contribution in [2.45, 2.75) is 32.7 Å². The first-order chi connectivity index (χ1) is 10.5. The van der Waals surface area contributed by atoms with E-state index in [1.807, 2.05) is 14.0 Å². The maximum absolute atomic E-state index is 12.2. The molecule has 3 rings (SSSR count). The van der Waals surface area contributed by atoms with Crippen molar-refractivity contribution in [2.75, 3.05) is 18.0 Å². The van der Waals surface area contributed by atoms with E-state index in [0.29, 0.717) is 5.56 Å². The Kier molecular flexibility index (Phi) is 4.15. The van der Waals surface area contributed by atoms with Gasteiger partial charge in [-0.2, -0.15) is 5.10 Å². The molecule has 1 aliphatic heterocycles. The van der Waals surface area contributed by atoms with E-state index < -0.39 is 0 Å². The lowest BCUT2D eigenvalue weighted by Crippen LogP contribution is -2.47. The van der Waals surface area contributed by atoms with Gasteiger partial charge in [0.25, 0.3) is 5.91 Å². The van der Waals surface area contributed by atoms with Crippen LogP contribution in [0.5, 0.6) is 0 Å². The molecule has 3 heterocycles. The second-order valence-corrected chi connectivity index (χ2v) is 6.98. The van der Waals surface area contributed by atoms with Gasteiger partial charge in [0.2, 0.25) is 0 Å². The minimum atomic E-state index is -0.0496. The predicted molar refractivity (Wildman–Crippen MR) is 87.5 cm³/mol. The fraction of sp³-hybridized carbons (Fsp3) is 0.533. The van der Waals surface area contributed by atoms with Gasteiger partial charge in [-0.3, -0.25) is 9.48 Å². The monoisotopic (exact) mass is 319 g/mol. The van der Waals surface area contributed by atoms with Gasteiger partial charge in [0.15, 0.2) is 5.13 Å². The topological polar surface area (TPSA) is 63.1 Å². The molecule has 1 saturated heterocycles. The van der Waals surface area contributed by atoms with Crippen molar-refractivity contribution in [3.8, 4) is 0 Å². The van der Waals surface area contributed by atoms with Crippen molar-refractivity contribution in [3.63, 3.8) is 0 Å². The third-order valence-electron chi connectivity index (χ3n) is 4.01. The second kappa shape index (κ2) is 6.08. The number of hydrogen-bond donors (Lipinski definition) is 1. The molecule has 22 heavy (non-hydrogen) atoms. The van der Waals surface area contributed by atoms with Crippen LogP contribution in [-0.4, -0.2) is 39.8 Å². The number of rotatable bonds is 3. The fourth-order valence-corrected chi connectivity index (χ4v) is 3.61. The van der Waals surface area contributed by atoms with Crippen molar-refractivity contribution in [3.05, 3.63) is 28.5 Å². The van der Waals surface area contributed by atoms with E-state index in [1.54, 1.807) is 28.4 Å². The summed E-state index contributed by atoms with van der Waals surface area (Å²) in [5.41, 5.74) is 1.71. The molecule has 2 aromatic rings. The molecule has 1 fully saturated rings. The van der Waals surface area contributed by atoms with Gasteiger partial charge in [-0.25, -0.2) is 4.98 Å². The van der Waals surface area contributed by atoms with Gasteiger partial charge in [0, 0.05) is 37.3 Å². The van der Waals surface area contributed by atoms with Crippen molar-refractivity contribution < 1.29 is 4.79 Å². The number of carbonyl (C=O) groups excluding carboxylic acids is 1. The number of nitrogens with one attached hydrogen (secondary N) is 1. The molecule has 0 spiro atoms. The number of piperidine rings is 1. The van der Waals surface area contributed by atoms with Gasteiger partial charge in [-0.1, -0.05) is 0 Å². The molecule has 1 unspecified atom stereocenters. The number of carbonyl (C=O) groups is 1. The summed E-state index contributed by atoms with van der Waals surface area (Å²) >= 11 is 1.73. The number of nitrogens with zero attached hydrogens (tertiary/aromatic N) is 4. The number of anilines is 1. The van der Waals surface area contributed by atoms with Crippen LogP contribution in [0.15, 0.2) is 12.4 Å². The highest BCUT2D eigenvalue weighted by Gasteiger charge is 2.24. The first-order valence-electron chi connectivity index (χ1n) is 7.51. The maximum atomic E-state index is 12.2. The van der Waals surface area contributed by atoms with Gasteiger partial charge in [0.05, 0.1) is 17.5 Å². The highest BCUT2D eigenvalue weighted by Crippen LogP contribution is 2.27. The smallest absolute Gasteiger partial charge is 0.254 e. The number of aromatic nitrogens is 3. The number of hydrogen-bond acceptors (Lipinski definition) is 5. The first-order valence-corrected chi connectivity index (χ1v) is 8.33. The molecular formula is C15H21N5OS. The molecule has 2 aromatic heterocycles. The summed E-state index contributed by atoms with van der Waals surface area (Å²) in [6.07, 6.45) is 5.41. The molecule has 0 radical (unpaired) electrons. The number of amides is 1. The van der Waals surface area contributed by atoms with E-state index in [4.69, 9.17) is 0 Å². The van der Waals surface area contributed by atoms with Gasteiger partial charge in [-0.15, -0.1) is 11.3 Å². The molecule has 0 saturated carbocycles. The molecule has 7 heteroatoms. The number of thiazole rings is 1. The van der Waals surface area contributed by atoms with Crippen molar-refractivity contribution in [1.29, 1.82) is 0 Å². The summed E-state index contributed by atoms with van der Waals surface area (Å²) in [5, 5.41) is 8.22. The van der Waals surface area contributed by atoms with Crippen LogP contribution in [0.25, 0.3) is 0 Å². The Morgan fingerprint density at radius 1 is 1.45 bits per heavy atom. The number of aryl methyl sites for hydroxylation is 3. The van der Waals surface area contributed by atoms with Crippen molar-refractivity contribution >= 4 is 22.4 Å². The Morgan fingerprint density at radius 2 is 2.27 bits per heavy atom. The van der Waals surface area contributed by atoms with Crippen molar-refractivity contribution in [1.82, 2.24) is 20.1 Å². The van der Waals surface area contributed by atoms with Crippen LogP contribution in [0.3, 0.4) is 0 Å².